The zero-order valence-electron chi connectivity index (χ0n) is 12.8. The molecule has 3 nitrogen and oxygen atoms in total. The normalized spacial score (nSPS) is 17.0. The zero-order valence-corrected chi connectivity index (χ0v) is 12.8. The summed E-state index contributed by atoms with van der Waals surface area (Å²) in [5, 5.41) is 3.25. The molecule has 1 aromatic rings. The first-order valence-electron chi connectivity index (χ1n) is 7.33. The Morgan fingerprint density at radius 2 is 1.81 bits per heavy atom. The highest BCUT2D eigenvalue weighted by Crippen LogP contribution is 2.35. The van der Waals surface area contributed by atoms with E-state index in [2.05, 4.69) is 10.1 Å². The van der Waals surface area contributed by atoms with Gasteiger partial charge in [-0.2, -0.15) is 8.78 Å². The smallest absolute Gasteiger partial charge is 0.387 e. The van der Waals surface area contributed by atoms with Crippen molar-refractivity contribution >= 4 is 0 Å². The molecule has 1 heterocycles. The summed E-state index contributed by atoms with van der Waals surface area (Å²) in [7, 11) is 0. The van der Waals surface area contributed by atoms with Crippen molar-refractivity contribution in [3.63, 3.8) is 0 Å². The molecule has 1 aliphatic heterocycles. The molecule has 0 aliphatic carbocycles. The number of piperidine rings is 1. The number of alkyl halides is 2. The van der Waals surface area contributed by atoms with E-state index < -0.39 is 6.61 Å². The second kappa shape index (κ2) is 6.60. The largest absolute Gasteiger partial charge is 0.486 e. The van der Waals surface area contributed by atoms with Gasteiger partial charge in [0.2, 0.25) is 0 Å². The molecular formula is C16H23F2NO2. The fourth-order valence-corrected chi connectivity index (χ4v) is 2.35. The fraction of sp³-hybridized carbons (Fsp3) is 0.625. The molecule has 0 aromatic heterocycles. The number of ether oxygens (including phenoxy) is 2. The van der Waals surface area contributed by atoms with Gasteiger partial charge >= 0.3 is 6.61 Å². The van der Waals surface area contributed by atoms with E-state index in [-0.39, 0.29) is 17.3 Å². The average molecular weight is 299 g/mol. The molecule has 1 aromatic carbocycles. The van der Waals surface area contributed by atoms with Gasteiger partial charge in [-0.3, -0.25) is 0 Å². The van der Waals surface area contributed by atoms with Crippen LogP contribution in [0.2, 0.25) is 0 Å². The summed E-state index contributed by atoms with van der Waals surface area (Å²) >= 11 is 0. The Morgan fingerprint density at radius 1 is 1.14 bits per heavy atom. The molecule has 0 atom stereocenters. The van der Waals surface area contributed by atoms with E-state index in [9.17, 15) is 8.78 Å². The van der Waals surface area contributed by atoms with E-state index in [4.69, 9.17) is 4.74 Å². The highest BCUT2D eigenvalue weighted by molar-refractivity contribution is 5.45. The molecule has 0 radical (unpaired) electrons. The van der Waals surface area contributed by atoms with Gasteiger partial charge in [0, 0.05) is 0 Å². The Balaban J connectivity index is 2.21. The van der Waals surface area contributed by atoms with Crippen molar-refractivity contribution in [2.45, 2.75) is 51.7 Å². The standard InChI is InChI=1S/C16H23F2NO2/c1-16(2,3)11-4-5-13(14(10-11)21-15(17)18)20-12-6-8-19-9-7-12/h4-5,10,12,15,19H,6-9H2,1-3H3. The van der Waals surface area contributed by atoms with E-state index in [1.165, 1.54) is 0 Å². The Labute approximate surface area is 124 Å². The summed E-state index contributed by atoms with van der Waals surface area (Å²) < 4.78 is 35.7. The molecule has 1 N–H and O–H groups in total. The Kier molecular flexibility index (Phi) is 5.04. The summed E-state index contributed by atoms with van der Waals surface area (Å²) in [5.74, 6) is 0.520. The van der Waals surface area contributed by atoms with Gasteiger partial charge in [0.15, 0.2) is 11.5 Å². The van der Waals surface area contributed by atoms with E-state index in [0.717, 1.165) is 31.5 Å². The minimum absolute atomic E-state index is 0.0479. The number of rotatable bonds is 4. The predicted octanol–water partition coefficient (Wildman–Crippen LogP) is 3.72. The molecule has 0 spiro atoms. The SMILES string of the molecule is CC(C)(C)c1ccc(OC2CCNCC2)c(OC(F)F)c1. The van der Waals surface area contributed by atoms with Crippen LogP contribution in [0.4, 0.5) is 8.78 Å². The first-order chi connectivity index (χ1) is 9.86. The van der Waals surface area contributed by atoms with Crippen molar-refractivity contribution in [1.82, 2.24) is 5.32 Å². The van der Waals surface area contributed by atoms with Crippen molar-refractivity contribution < 1.29 is 18.3 Å². The Morgan fingerprint density at radius 3 is 2.38 bits per heavy atom. The lowest BCUT2D eigenvalue weighted by Crippen LogP contribution is -2.34. The molecule has 0 saturated carbocycles. The van der Waals surface area contributed by atoms with Gasteiger partial charge in [-0.05, 0) is 49.0 Å². The van der Waals surface area contributed by atoms with E-state index in [1.54, 1.807) is 12.1 Å². The van der Waals surface area contributed by atoms with Gasteiger partial charge in [0.25, 0.3) is 0 Å². The van der Waals surface area contributed by atoms with E-state index in [1.807, 2.05) is 26.8 Å². The van der Waals surface area contributed by atoms with Crippen LogP contribution in [0.5, 0.6) is 11.5 Å². The quantitative estimate of drug-likeness (QED) is 0.919. The molecule has 0 bridgehead atoms. The van der Waals surface area contributed by atoms with Crippen molar-refractivity contribution in [3.05, 3.63) is 23.8 Å². The number of nitrogens with one attached hydrogen (secondary N) is 1. The van der Waals surface area contributed by atoms with Gasteiger partial charge < -0.3 is 14.8 Å². The van der Waals surface area contributed by atoms with Crippen molar-refractivity contribution in [2.24, 2.45) is 0 Å². The Bertz CT molecular complexity index is 466. The van der Waals surface area contributed by atoms with Crippen LogP contribution in [0.1, 0.15) is 39.2 Å². The molecule has 21 heavy (non-hydrogen) atoms. The topological polar surface area (TPSA) is 30.5 Å². The third kappa shape index (κ3) is 4.56. The third-order valence-electron chi connectivity index (χ3n) is 3.61. The number of hydrogen-bond donors (Lipinski definition) is 1. The zero-order chi connectivity index (χ0) is 15.5. The number of halogens is 2. The average Bonchev–Trinajstić information content (AvgIpc) is 2.40. The van der Waals surface area contributed by atoms with Crippen molar-refractivity contribution in [2.75, 3.05) is 13.1 Å². The molecule has 1 fully saturated rings. The lowest BCUT2D eigenvalue weighted by atomic mass is 9.87. The highest BCUT2D eigenvalue weighted by Gasteiger charge is 2.21. The van der Waals surface area contributed by atoms with Crippen LogP contribution in [0.25, 0.3) is 0 Å². The molecule has 0 unspecified atom stereocenters. The van der Waals surface area contributed by atoms with Crippen LogP contribution in [-0.2, 0) is 5.41 Å². The summed E-state index contributed by atoms with van der Waals surface area (Å²) in [6.07, 6.45) is 1.79. The molecule has 1 aliphatic rings. The predicted molar refractivity (Wildman–Crippen MR) is 78.3 cm³/mol. The maximum Gasteiger partial charge on any atom is 0.387 e. The van der Waals surface area contributed by atoms with Gasteiger partial charge in [0.1, 0.15) is 6.10 Å². The summed E-state index contributed by atoms with van der Waals surface area (Å²) in [4.78, 5) is 0. The first kappa shape index (κ1) is 16.0. The number of hydrogen-bond acceptors (Lipinski definition) is 3. The fourth-order valence-electron chi connectivity index (χ4n) is 2.35. The third-order valence-corrected chi connectivity index (χ3v) is 3.61. The molecular weight excluding hydrogens is 276 g/mol. The maximum absolute atomic E-state index is 12.6. The van der Waals surface area contributed by atoms with E-state index in [0.29, 0.717) is 5.75 Å². The second-order valence-corrected chi connectivity index (χ2v) is 6.36. The van der Waals surface area contributed by atoms with E-state index >= 15 is 0 Å². The minimum Gasteiger partial charge on any atom is -0.486 e. The van der Waals surface area contributed by atoms with Crippen LogP contribution >= 0.6 is 0 Å². The summed E-state index contributed by atoms with van der Waals surface area (Å²) in [6.45, 7) is 5.01. The lowest BCUT2D eigenvalue weighted by molar-refractivity contribution is -0.0523. The second-order valence-electron chi connectivity index (χ2n) is 6.36. The van der Waals surface area contributed by atoms with Crippen LogP contribution in [0.3, 0.4) is 0 Å². The molecule has 0 amide bonds. The number of benzene rings is 1. The van der Waals surface area contributed by atoms with Crippen molar-refractivity contribution in [3.8, 4) is 11.5 Å². The van der Waals surface area contributed by atoms with Crippen LogP contribution in [0, 0.1) is 0 Å². The molecule has 118 valence electrons. The van der Waals surface area contributed by atoms with Crippen LogP contribution < -0.4 is 14.8 Å². The maximum atomic E-state index is 12.6. The summed E-state index contributed by atoms with van der Waals surface area (Å²) in [5.41, 5.74) is 0.809. The van der Waals surface area contributed by atoms with Gasteiger partial charge in [-0.15, -0.1) is 0 Å². The van der Waals surface area contributed by atoms with Gasteiger partial charge in [-0.1, -0.05) is 26.8 Å². The molecule has 1 saturated heterocycles. The van der Waals surface area contributed by atoms with Crippen LogP contribution in [-0.4, -0.2) is 25.8 Å². The van der Waals surface area contributed by atoms with Crippen molar-refractivity contribution in [1.29, 1.82) is 0 Å². The van der Waals surface area contributed by atoms with Gasteiger partial charge in [0.05, 0.1) is 0 Å². The molecule has 5 heteroatoms. The monoisotopic (exact) mass is 299 g/mol. The van der Waals surface area contributed by atoms with Gasteiger partial charge in [-0.25, -0.2) is 0 Å². The lowest BCUT2D eigenvalue weighted by Gasteiger charge is -2.26. The Hall–Kier alpha value is -1.36. The summed E-state index contributed by atoms with van der Waals surface area (Å²) in [6, 6.07) is 5.30. The first-order valence-corrected chi connectivity index (χ1v) is 7.33. The van der Waals surface area contributed by atoms with Crippen LogP contribution in [0.15, 0.2) is 18.2 Å². The molecule has 2 rings (SSSR count). The minimum atomic E-state index is -2.85. The highest BCUT2D eigenvalue weighted by atomic mass is 19.3.